The molecule has 0 spiro atoms. The van der Waals surface area contributed by atoms with Gasteiger partial charge in [0.2, 0.25) is 10.0 Å². The molecule has 1 rings (SSSR count). The van der Waals surface area contributed by atoms with Crippen LogP contribution < -0.4 is 4.72 Å². The highest BCUT2D eigenvalue weighted by Gasteiger charge is 2.31. The molecule has 1 fully saturated rings. The highest BCUT2D eigenvalue weighted by molar-refractivity contribution is 7.89. The summed E-state index contributed by atoms with van der Waals surface area (Å²) in [6.07, 6.45) is 3.64. The molecule has 1 heterocycles. The molecular weight excluding hydrogens is 248 g/mol. The molecule has 16 heavy (non-hydrogen) atoms. The fourth-order valence-corrected chi connectivity index (χ4v) is 2.71. The number of likely N-dealkylation sites (tertiary alicyclic amines) is 1. The number of amides is 1. The second-order valence-electron chi connectivity index (χ2n) is 4.12. The van der Waals surface area contributed by atoms with Gasteiger partial charge in [-0.2, -0.15) is 12.6 Å². The molecule has 1 saturated heterocycles. The van der Waals surface area contributed by atoms with Crippen LogP contribution in [0.1, 0.15) is 26.2 Å². The summed E-state index contributed by atoms with van der Waals surface area (Å²) in [4.78, 5) is 13.7. The Morgan fingerprint density at radius 2 is 2.12 bits per heavy atom. The van der Waals surface area contributed by atoms with Crippen LogP contribution in [0.3, 0.4) is 0 Å². The van der Waals surface area contributed by atoms with Crippen LogP contribution in [0.2, 0.25) is 0 Å². The van der Waals surface area contributed by atoms with Gasteiger partial charge in [0.05, 0.1) is 17.7 Å². The molecule has 1 aliphatic heterocycles. The van der Waals surface area contributed by atoms with Gasteiger partial charge in [0.15, 0.2) is 0 Å². The Morgan fingerprint density at radius 3 is 2.62 bits per heavy atom. The normalized spacial score (nSPS) is 25.1. The number of hydrogen-bond donors (Lipinski definition) is 2. The number of carbonyl (C=O) groups is 1. The first-order chi connectivity index (χ1) is 7.31. The molecule has 0 saturated carbocycles. The van der Waals surface area contributed by atoms with Gasteiger partial charge in [-0.15, -0.1) is 0 Å². The van der Waals surface area contributed by atoms with Gasteiger partial charge in [-0.3, -0.25) is 14.4 Å². The minimum atomic E-state index is -3.47. The number of piperidine rings is 1. The third-order valence-electron chi connectivity index (χ3n) is 2.61. The molecule has 0 aliphatic carbocycles. The van der Waals surface area contributed by atoms with Crippen LogP contribution >= 0.6 is 12.6 Å². The molecule has 5 nitrogen and oxygen atoms in total. The van der Waals surface area contributed by atoms with Crippen molar-refractivity contribution in [1.82, 2.24) is 9.62 Å². The predicted octanol–water partition coefficient (Wildman–Crippen LogP) is 0.192. The zero-order chi connectivity index (χ0) is 12.3. The first-order valence-corrected chi connectivity index (χ1v) is 7.67. The van der Waals surface area contributed by atoms with E-state index >= 15 is 0 Å². The average molecular weight is 266 g/mol. The van der Waals surface area contributed by atoms with Crippen LogP contribution in [-0.4, -0.2) is 43.4 Å². The topological polar surface area (TPSA) is 66.5 Å². The van der Waals surface area contributed by atoms with E-state index in [2.05, 4.69) is 12.6 Å². The van der Waals surface area contributed by atoms with Gasteiger partial charge in [-0.25, -0.2) is 8.42 Å². The summed E-state index contributed by atoms with van der Waals surface area (Å²) in [5.74, 6) is -0.442. The lowest BCUT2D eigenvalue weighted by molar-refractivity contribution is -0.126. The van der Waals surface area contributed by atoms with Gasteiger partial charge in [0.1, 0.15) is 0 Å². The number of carbonyl (C=O) groups excluding carboxylic acids is 1. The maximum absolute atomic E-state index is 11.8. The first kappa shape index (κ1) is 13.8. The second kappa shape index (κ2) is 5.37. The standard InChI is InChI=1S/C9H18N2O3S2/c1-7(15)11-6-4-3-5-8(11)9(12)10-16(2,13)14/h7-8,15H,3-6H2,1-2H3,(H,10,12)/t7-,8?/m0/s1. The van der Waals surface area contributed by atoms with Crippen LogP contribution in [0.5, 0.6) is 0 Å². The number of nitrogens with one attached hydrogen (secondary N) is 1. The van der Waals surface area contributed by atoms with Crippen molar-refractivity contribution in [3.63, 3.8) is 0 Å². The van der Waals surface area contributed by atoms with Crippen molar-refractivity contribution in [3.8, 4) is 0 Å². The number of hydrogen-bond acceptors (Lipinski definition) is 5. The van der Waals surface area contributed by atoms with Crippen LogP contribution in [0.4, 0.5) is 0 Å². The Morgan fingerprint density at radius 1 is 1.50 bits per heavy atom. The van der Waals surface area contributed by atoms with Gasteiger partial charge in [-0.1, -0.05) is 6.42 Å². The zero-order valence-corrected chi connectivity index (χ0v) is 11.2. The van der Waals surface area contributed by atoms with E-state index in [4.69, 9.17) is 0 Å². The summed E-state index contributed by atoms with van der Waals surface area (Å²) in [5, 5.41) is -0.0457. The highest BCUT2D eigenvalue weighted by Crippen LogP contribution is 2.21. The number of nitrogens with zero attached hydrogens (tertiary/aromatic N) is 1. The summed E-state index contributed by atoms with van der Waals surface area (Å²) >= 11 is 4.30. The molecule has 1 N–H and O–H groups in total. The van der Waals surface area contributed by atoms with E-state index in [9.17, 15) is 13.2 Å². The van der Waals surface area contributed by atoms with E-state index in [0.29, 0.717) is 6.42 Å². The number of sulfonamides is 1. The maximum Gasteiger partial charge on any atom is 0.250 e. The predicted molar refractivity (Wildman–Crippen MR) is 65.8 cm³/mol. The van der Waals surface area contributed by atoms with E-state index in [-0.39, 0.29) is 11.4 Å². The third-order valence-corrected chi connectivity index (χ3v) is 3.48. The summed E-state index contributed by atoms with van der Waals surface area (Å²) < 4.78 is 24.0. The smallest absolute Gasteiger partial charge is 0.250 e. The Kier molecular flexibility index (Phi) is 4.63. The van der Waals surface area contributed by atoms with E-state index in [0.717, 1.165) is 25.6 Å². The molecule has 94 valence electrons. The van der Waals surface area contributed by atoms with Crippen molar-refractivity contribution in [2.24, 2.45) is 0 Å². The van der Waals surface area contributed by atoms with Crippen molar-refractivity contribution in [2.45, 2.75) is 37.6 Å². The lowest BCUT2D eigenvalue weighted by Gasteiger charge is -2.36. The van der Waals surface area contributed by atoms with Crippen molar-refractivity contribution in [2.75, 3.05) is 12.8 Å². The van der Waals surface area contributed by atoms with Crippen LogP contribution in [-0.2, 0) is 14.8 Å². The maximum atomic E-state index is 11.8. The average Bonchev–Trinajstić information content (AvgIpc) is 2.15. The Labute approximate surface area is 102 Å². The second-order valence-corrected chi connectivity index (χ2v) is 6.62. The van der Waals surface area contributed by atoms with E-state index < -0.39 is 15.9 Å². The largest absolute Gasteiger partial charge is 0.280 e. The molecule has 1 amide bonds. The lowest BCUT2D eigenvalue weighted by atomic mass is 10.0. The van der Waals surface area contributed by atoms with Crippen LogP contribution in [0.25, 0.3) is 0 Å². The Balaban J connectivity index is 2.72. The molecule has 1 aliphatic rings. The number of thiol groups is 1. The molecule has 2 atom stereocenters. The molecule has 0 aromatic heterocycles. The fraction of sp³-hybridized carbons (Fsp3) is 0.889. The van der Waals surface area contributed by atoms with Crippen molar-refractivity contribution >= 4 is 28.6 Å². The van der Waals surface area contributed by atoms with Crippen molar-refractivity contribution < 1.29 is 13.2 Å². The number of rotatable bonds is 3. The third kappa shape index (κ3) is 3.95. The van der Waals surface area contributed by atoms with Gasteiger partial charge < -0.3 is 0 Å². The lowest BCUT2D eigenvalue weighted by Crippen LogP contribution is -2.52. The van der Waals surface area contributed by atoms with E-state index in [1.54, 1.807) is 0 Å². The molecule has 0 bridgehead atoms. The summed E-state index contributed by atoms with van der Waals surface area (Å²) in [6.45, 7) is 2.67. The van der Waals surface area contributed by atoms with Crippen molar-refractivity contribution in [1.29, 1.82) is 0 Å². The van der Waals surface area contributed by atoms with Crippen LogP contribution in [0.15, 0.2) is 0 Å². The van der Waals surface area contributed by atoms with Crippen LogP contribution in [0, 0.1) is 0 Å². The van der Waals surface area contributed by atoms with Gasteiger partial charge in [0.25, 0.3) is 5.91 Å². The molecule has 7 heteroatoms. The molecule has 0 radical (unpaired) electrons. The Bertz CT molecular complexity index is 354. The quantitative estimate of drug-likeness (QED) is 0.716. The zero-order valence-electron chi connectivity index (χ0n) is 9.51. The SMILES string of the molecule is C[C@H](S)N1CCCCC1C(=O)NS(C)(=O)=O. The molecule has 0 aromatic rings. The monoisotopic (exact) mass is 266 g/mol. The molecule has 0 aromatic carbocycles. The minimum absolute atomic E-state index is 0.0457. The van der Waals surface area contributed by atoms with Gasteiger partial charge in [0, 0.05) is 0 Å². The first-order valence-electron chi connectivity index (χ1n) is 5.26. The van der Waals surface area contributed by atoms with E-state index in [1.807, 2.05) is 16.5 Å². The summed E-state index contributed by atoms with van der Waals surface area (Å²) in [6, 6.07) is -0.379. The Hall–Kier alpha value is -0.270. The minimum Gasteiger partial charge on any atom is -0.280 e. The summed E-state index contributed by atoms with van der Waals surface area (Å²) in [7, 11) is -3.47. The highest BCUT2D eigenvalue weighted by atomic mass is 32.2. The molecular formula is C9H18N2O3S2. The van der Waals surface area contributed by atoms with Gasteiger partial charge in [-0.05, 0) is 26.3 Å². The summed E-state index contributed by atoms with van der Waals surface area (Å²) in [5.41, 5.74) is 0. The van der Waals surface area contributed by atoms with E-state index in [1.165, 1.54) is 0 Å². The molecule has 1 unspecified atom stereocenters. The van der Waals surface area contributed by atoms with Crippen molar-refractivity contribution in [3.05, 3.63) is 0 Å². The van der Waals surface area contributed by atoms with Gasteiger partial charge >= 0.3 is 0 Å². The fourth-order valence-electron chi connectivity index (χ4n) is 1.93.